The van der Waals surface area contributed by atoms with Crippen LogP contribution < -0.4 is 10.6 Å². The third-order valence-electron chi connectivity index (χ3n) is 11.0. The van der Waals surface area contributed by atoms with Gasteiger partial charge in [0.15, 0.2) is 11.7 Å². The summed E-state index contributed by atoms with van der Waals surface area (Å²) in [5.41, 5.74) is 7.84. The van der Waals surface area contributed by atoms with Crippen molar-refractivity contribution in [2.75, 3.05) is 10.6 Å². The van der Waals surface area contributed by atoms with Gasteiger partial charge in [0, 0.05) is 44.2 Å². The molecule has 0 saturated carbocycles. The number of aromatic amines is 2. The highest BCUT2D eigenvalue weighted by Crippen LogP contribution is 2.46. The molecule has 0 amide bonds. The number of nitrogens with zero attached hydrogens (tertiary/aromatic N) is 4. The molecule has 9 rings (SSSR count). The van der Waals surface area contributed by atoms with Crippen molar-refractivity contribution in [2.24, 2.45) is 31.8 Å². The Morgan fingerprint density at radius 1 is 0.636 bits per heavy atom. The van der Waals surface area contributed by atoms with Crippen molar-refractivity contribution < 1.29 is 0 Å². The van der Waals surface area contributed by atoms with Crippen LogP contribution >= 0.6 is 0 Å². The van der Waals surface area contributed by atoms with E-state index in [2.05, 4.69) is 65.6 Å². The molecule has 2 aromatic heterocycles. The van der Waals surface area contributed by atoms with E-state index in [4.69, 9.17) is 20.0 Å². The van der Waals surface area contributed by atoms with Gasteiger partial charge in [0.2, 0.25) is 0 Å². The summed E-state index contributed by atoms with van der Waals surface area (Å²) in [6.07, 6.45) is 11.1. The first-order valence-corrected chi connectivity index (χ1v) is 16.7. The SMILES string of the molecule is C[C@@H]1CCCc2c3[nH]c(c21)N=C1N=C(Nc2[nH]c(c4ccccc24)NC2=NC(=N3)C3=C2CC[C@@H](C)[C@H]3C)C2=C1CCCCC2. The molecular formula is C36H40N8. The highest BCUT2D eigenvalue weighted by Gasteiger charge is 2.37. The summed E-state index contributed by atoms with van der Waals surface area (Å²) in [6, 6.07) is 8.55. The number of amidine groups is 4. The molecule has 44 heavy (non-hydrogen) atoms. The lowest BCUT2D eigenvalue weighted by Gasteiger charge is -2.28. The highest BCUT2D eigenvalue weighted by molar-refractivity contribution is 6.28. The van der Waals surface area contributed by atoms with Crippen LogP contribution in [0.2, 0.25) is 0 Å². The molecule has 3 aromatic rings. The Hall–Kier alpha value is -4.20. The van der Waals surface area contributed by atoms with Crippen LogP contribution in [0.25, 0.3) is 10.8 Å². The lowest BCUT2D eigenvalue weighted by Crippen LogP contribution is -2.23. The fraction of sp³-hybridized carbons (Fsp3) is 0.444. The minimum absolute atomic E-state index is 0.385. The van der Waals surface area contributed by atoms with Crippen molar-refractivity contribution in [1.82, 2.24) is 9.97 Å². The third-order valence-corrected chi connectivity index (χ3v) is 11.0. The smallest absolute Gasteiger partial charge is 0.160 e. The number of benzene rings is 1. The predicted octanol–water partition coefficient (Wildman–Crippen LogP) is 8.98. The molecule has 3 aliphatic carbocycles. The highest BCUT2D eigenvalue weighted by atomic mass is 15.2. The monoisotopic (exact) mass is 584 g/mol. The van der Waals surface area contributed by atoms with Gasteiger partial charge in [-0.3, -0.25) is 0 Å². The summed E-state index contributed by atoms with van der Waals surface area (Å²) in [6.45, 7) is 7.05. The standard InChI is InChI=1S/C36H40N8/c1-18-16-17-26-28(20(18)3)36-43-33-25-15-9-10-19(2)27(25)35(42-33)41-32-22-12-6-4-5-11-21(22)29(39-32)37-30-23-13-7-8-14-24(23)31(38-30)40-34(26)44-36/h7-8,13-14,18-20H,4-6,9-12,15-17H2,1-3H3,(H4,37,38,39,40,41,42,43,44)/t18-,19-,20-/m1/s1. The molecule has 0 saturated heterocycles. The molecule has 8 bridgehead atoms. The lowest BCUT2D eigenvalue weighted by atomic mass is 9.77. The van der Waals surface area contributed by atoms with Crippen molar-refractivity contribution in [3.05, 3.63) is 57.7 Å². The Labute approximate surface area is 258 Å². The lowest BCUT2D eigenvalue weighted by molar-refractivity contribution is 0.400. The van der Waals surface area contributed by atoms with E-state index in [1.54, 1.807) is 0 Å². The summed E-state index contributed by atoms with van der Waals surface area (Å²) in [7, 11) is 0. The van der Waals surface area contributed by atoms with Gasteiger partial charge in [-0.1, -0.05) is 51.5 Å². The fourth-order valence-electron chi connectivity index (χ4n) is 8.40. The summed E-state index contributed by atoms with van der Waals surface area (Å²) in [5.74, 6) is 8.70. The summed E-state index contributed by atoms with van der Waals surface area (Å²) < 4.78 is 0. The van der Waals surface area contributed by atoms with Crippen LogP contribution in [-0.2, 0) is 6.42 Å². The van der Waals surface area contributed by atoms with Gasteiger partial charge in [0.1, 0.15) is 34.9 Å². The molecule has 224 valence electrons. The van der Waals surface area contributed by atoms with E-state index < -0.39 is 0 Å². The van der Waals surface area contributed by atoms with Crippen LogP contribution in [0.5, 0.6) is 0 Å². The zero-order valence-corrected chi connectivity index (χ0v) is 25.9. The van der Waals surface area contributed by atoms with Gasteiger partial charge in [0.25, 0.3) is 0 Å². The van der Waals surface area contributed by atoms with E-state index in [0.29, 0.717) is 17.8 Å². The van der Waals surface area contributed by atoms with Gasteiger partial charge in [-0.25, -0.2) is 20.0 Å². The van der Waals surface area contributed by atoms with Crippen LogP contribution in [-0.4, -0.2) is 33.3 Å². The summed E-state index contributed by atoms with van der Waals surface area (Å²) in [4.78, 5) is 28.6. The van der Waals surface area contributed by atoms with E-state index >= 15 is 0 Å². The number of aromatic nitrogens is 2. The van der Waals surface area contributed by atoms with Crippen LogP contribution in [0, 0.1) is 11.8 Å². The maximum Gasteiger partial charge on any atom is 0.160 e. The van der Waals surface area contributed by atoms with Crippen molar-refractivity contribution in [3.8, 4) is 0 Å². The van der Waals surface area contributed by atoms with Crippen molar-refractivity contribution in [2.45, 2.75) is 90.9 Å². The average molecular weight is 585 g/mol. The number of hydrogen-bond acceptors (Lipinski definition) is 6. The Bertz CT molecular complexity index is 1920. The second-order valence-corrected chi connectivity index (χ2v) is 13.7. The largest absolute Gasteiger partial charge is 0.327 e. The molecule has 6 aliphatic rings. The summed E-state index contributed by atoms with van der Waals surface area (Å²) >= 11 is 0. The molecular weight excluding hydrogens is 544 g/mol. The molecule has 0 unspecified atom stereocenters. The minimum atomic E-state index is 0.385. The molecule has 4 N–H and O–H groups in total. The van der Waals surface area contributed by atoms with E-state index in [0.717, 1.165) is 89.5 Å². The molecule has 8 heteroatoms. The number of rotatable bonds is 0. The number of fused-ring (bicyclic) bond motifs is 16. The normalized spacial score (nSPS) is 26.1. The van der Waals surface area contributed by atoms with Gasteiger partial charge < -0.3 is 20.6 Å². The molecule has 0 fully saturated rings. The minimum Gasteiger partial charge on any atom is -0.327 e. The second kappa shape index (κ2) is 9.91. The third kappa shape index (κ3) is 3.95. The predicted molar refractivity (Wildman–Crippen MR) is 181 cm³/mol. The Morgan fingerprint density at radius 3 is 2.14 bits per heavy atom. The van der Waals surface area contributed by atoms with Gasteiger partial charge in [-0.2, -0.15) is 0 Å². The number of nitrogens with one attached hydrogen (secondary N) is 4. The Kier molecular flexibility index (Phi) is 5.91. The molecule has 3 aliphatic heterocycles. The van der Waals surface area contributed by atoms with E-state index in [-0.39, 0.29) is 0 Å². The maximum atomic E-state index is 5.37. The average Bonchev–Trinajstić information content (AvgIpc) is 3.69. The molecule has 8 nitrogen and oxygen atoms in total. The van der Waals surface area contributed by atoms with Crippen LogP contribution in [0.15, 0.2) is 66.5 Å². The molecule has 5 heterocycles. The first-order valence-electron chi connectivity index (χ1n) is 16.7. The Morgan fingerprint density at radius 2 is 1.34 bits per heavy atom. The van der Waals surface area contributed by atoms with Gasteiger partial charge in [-0.15, -0.1) is 0 Å². The van der Waals surface area contributed by atoms with Crippen LogP contribution in [0.3, 0.4) is 0 Å². The number of aliphatic imine (C=N–C) groups is 4. The van der Waals surface area contributed by atoms with E-state index in [9.17, 15) is 0 Å². The maximum absolute atomic E-state index is 5.37. The zero-order valence-electron chi connectivity index (χ0n) is 25.9. The topological polar surface area (TPSA) is 105 Å². The molecule has 1 aromatic carbocycles. The number of anilines is 2. The van der Waals surface area contributed by atoms with Gasteiger partial charge in [-0.05, 0) is 75.5 Å². The second-order valence-electron chi connectivity index (χ2n) is 13.7. The fourth-order valence-corrected chi connectivity index (χ4v) is 8.40. The molecule has 0 radical (unpaired) electrons. The molecule has 0 spiro atoms. The van der Waals surface area contributed by atoms with Crippen LogP contribution in [0.4, 0.5) is 23.3 Å². The summed E-state index contributed by atoms with van der Waals surface area (Å²) in [5, 5.41) is 9.78. The Balaban J connectivity index is 1.30. The quantitative estimate of drug-likeness (QED) is 0.212. The van der Waals surface area contributed by atoms with Crippen molar-refractivity contribution >= 4 is 57.4 Å². The van der Waals surface area contributed by atoms with Gasteiger partial charge >= 0.3 is 0 Å². The van der Waals surface area contributed by atoms with E-state index in [1.807, 2.05) is 0 Å². The van der Waals surface area contributed by atoms with Crippen molar-refractivity contribution in [1.29, 1.82) is 0 Å². The molecule has 3 atom stereocenters. The van der Waals surface area contributed by atoms with Crippen LogP contribution in [0.1, 0.15) is 95.6 Å². The number of hydrogen-bond donors (Lipinski definition) is 4. The van der Waals surface area contributed by atoms with Crippen molar-refractivity contribution in [3.63, 3.8) is 0 Å². The van der Waals surface area contributed by atoms with Gasteiger partial charge in [0.05, 0.1) is 0 Å². The zero-order chi connectivity index (χ0) is 29.5. The first-order chi connectivity index (χ1) is 21.5. The number of H-pyrrole nitrogens is 2. The first kappa shape index (κ1) is 26.2. The van der Waals surface area contributed by atoms with E-state index in [1.165, 1.54) is 65.5 Å².